The normalized spacial score (nSPS) is 17.3. The number of imide groups is 1. The highest BCUT2D eigenvalue weighted by Crippen LogP contribution is 2.39. The van der Waals surface area contributed by atoms with Crippen LogP contribution in [-0.4, -0.2) is 64.8 Å². The van der Waals surface area contributed by atoms with Gasteiger partial charge in [0, 0.05) is 48.8 Å². The molecule has 0 atom stereocenters. The summed E-state index contributed by atoms with van der Waals surface area (Å²) in [4.78, 5) is 48.5. The van der Waals surface area contributed by atoms with Crippen molar-refractivity contribution in [2.45, 2.75) is 0 Å². The number of amides is 2. The fourth-order valence-corrected chi connectivity index (χ4v) is 4.24. The molecule has 0 bridgehead atoms. The number of para-hydroxylation sites is 1. The number of fused-ring (bicyclic) bond motifs is 1. The molecule has 1 fully saturated rings. The lowest BCUT2D eigenvalue weighted by Crippen LogP contribution is -2.44. The number of aromatic amines is 1. The van der Waals surface area contributed by atoms with Gasteiger partial charge in [-0.25, -0.2) is 4.98 Å². The highest BCUT2D eigenvalue weighted by Gasteiger charge is 2.37. The molecule has 10 nitrogen and oxygen atoms in total. The van der Waals surface area contributed by atoms with Gasteiger partial charge in [0.05, 0.1) is 21.6 Å². The minimum atomic E-state index is -0.658. The molecule has 0 saturated carbocycles. The maximum absolute atomic E-state index is 12.9. The van der Waals surface area contributed by atoms with Crippen LogP contribution in [-0.2, 0) is 9.59 Å². The summed E-state index contributed by atoms with van der Waals surface area (Å²) in [6, 6.07) is 8.92. The number of anilines is 1. The summed E-state index contributed by atoms with van der Waals surface area (Å²) >= 11 is 0. The Bertz CT molecular complexity index is 1300. The molecule has 2 aliphatic heterocycles. The van der Waals surface area contributed by atoms with Gasteiger partial charge in [-0.1, -0.05) is 18.2 Å². The Hall–Kier alpha value is -4.05. The van der Waals surface area contributed by atoms with Crippen LogP contribution in [0.15, 0.2) is 42.7 Å². The van der Waals surface area contributed by atoms with Gasteiger partial charge in [-0.05, 0) is 19.2 Å². The van der Waals surface area contributed by atoms with Gasteiger partial charge in [0.1, 0.15) is 12.0 Å². The molecular weight excluding hydrogens is 412 g/mol. The van der Waals surface area contributed by atoms with Crippen molar-refractivity contribution in [2.75, 3.05) is 38.1 Å². The summed E-state index contributed by atoms with van der Waals surface area (Å²) in [5, 5.41) is 14.9. The first-order chi connectivity index (χ1) is 15.4. The van der Waals surface area contributed by atoms with Crippen LogP contribution in [0.25, 0.3) is 22.0 Å². The Morgan fingerprint density at radius 1 is 1.03 bits per heavy atom. The highest BCUT2D eigenvalue weighted by molar-refractivity contribution is 6.50. The highest BCUT2D eigenvalue weighted by atomic mass is 16.6. The van der Waals surface area contributed by atoms with E-state index in [0.717, 1.165) is 24.0 Å². The largest absolute Gasteiger partial charge is 0.361 e. The first-order valence-electron chi connectivity index (χ1n) is 10.2. The first kappa shape index (κ1) is 19.9. The molecule has 2 aromatic heterocycles. The van der Waals surface area contributed by atoms with Crippen LogP contribution in [0.4, 0.5) is 11.5 Å². The number of rotatable bonds is 4. The van der Waals surface area contributed by atoms with E-state index in [0.29, 0.717) is 24.5 Å². The molecule has 0 radical (unpaired) electrons. The number of pyridine rings is 1. The van der Waals surface area contributed by atoms with Gasteiger partial charge in [-0.2, -0.15) is 0 Å². The van der Waals surface area contributed by atoms with E-state index in [9.17, 15) is 19.7 Å². The number of likely N-dealkylation sites (N-methyl/N-ethyl adjacent to an activating group) is 1. The molecule has 2 amide bonds. The van der Waals surface area contributed by atoms with Crippen molar-refractivity contribution >= 4 is 45.4 Å². The van der Waals surface area contributed by atoms with Gasteiger partial charge in [-0.3, -0.25) is 25.0 Å². The smallest absolute Gasteiger partial charge is 0.295 e. The number of hydrogen-bond donors (Lipinski definition) is 2. The van der Waals surface area contributed by atoms with Crippen LogP contribution < -0.4 is 10.2 Å². The zero-order valence-corrected chi connectivity index (χ0v) is 17.3. The number of carbonyl (C=O) groups is 2. The van der Waals surface area contributed by atoms with E-state index in [1.807, 2.05) is 36.2 Å². The van der Waals surface area contributed by atoms with Gasteiger partial charge < -0.3 is 14.8 Å². The number of carbonyl (C=O) groups excluding carboxylic acids is 2. The maximum Gasteiger partial charge on any atom is 0.295 e. The summed E-state index contributed by atoms with van der Waals surface area (Å²) < 4.78 is 0. The predicted molar refractivity (Wildman–Crippen MR) is 119 cm³/mol. The molecule has 5 rings (SSSR count). The van der Waals surface area contributed by atoms with E-state index < -0.39 is 16.7 Å². The van der Waals surface area contributed by atoms with Crippen LogP contribution in [0.2, 0.25) is 0 Å². The molecule has 4 heterocycles. The Balaban J connectivity index is 1.71. The molecule has 1 saturated heterocycles. The minimum absolute atomic E-state index is 0.00997. The number of H-pyrrole nitrogens is 1. The van der Waals surface area contributed by atoms with E-state index in [1.165, 1.54) is 6.20 Å². The fraction of sp³-hybridized carbons (Fsp3) is 0.227. The van der Waals surface area contributed by atoms with Gasteiger partial charge in [-0.15, -0.1) is 0 Å². The topological polar surface area (TPSA) is 124 Å². The molecule has 0 aliphatic carbocycles. The number of nitro groups is 1. The van der Waals surface area contributed by atoms with Crippen molar-refractivity contribution in [2.24, 2.45) is 0 Å². The molecular formula is C22H20N6O4. The van der Waals surface area contributed by atoms with Crippen molar-refractivity contribution in [3.8, 4) is 0 Å². The van der Waals surface area contributed by atoms with Gasteiger partial charge >= 0.3 is 0 Å². The number of benzene rings is 1. The van der Waals surface area contributed by atoms with E-state index >= 15 is 0 Å². The second kappa shape index (κ2) is 7.57. The third-order valence-electron chi connectivity index (χ3n) is 5.95. The van der Waals surface area contributed by atoms with Crippen molar-refractivity contribution in [1.82, 2.24) is 20.2 Å². The number of nitrogens with zero attached hydrogens (tertiary/aromatic N) is 4. The van der Waals surface area contributed by atoms with E-state index in [-0.39, 0.29) is 22.4 Å². The summed E-state index contributed by atoms with van der Waals surface area (Å²) in [5.41, 5.74) is 1.19. The zero-order chi connectivity index (χ0) is 22.4. The fourth-order valence-electron chi connectivity index (χ4n) is 4.24. The first-order valence-corrected chi connectivity index (χ1v) is 10.2. The van der Waals surface area contributed by atoms with Gasteiger partial charge in [0.2, 0.25) is 0 Å². The zero-order valence-electron chi connectivity index (χ0n) is 17.3. The van der Waals surface area contributed by atoms with Crippen LogP contribution in [0.3, 0.4) is 0 Å². The quantitative estimate of drug-likeness (QED) is 0.366. The molecule has 2 aliphatic rings. The van der Waals surface area contributed by atoms with E-state index in [4.69, 9.17) is 0 Å². The number of hydrogen-bond acceptors (Lipinski definition) is 7. The molecule has 3 aromatic rings. The molecule has 0 spiro atoms. The van der Waals surface area contributed by atoms with Crippen molar-refractivity contribution < 1.29 is 14.5 Å². The van der Waals surface area contributed by atoms with Crippen molar-refractivity contribution in [3.63, 3.8) is 0 Å². The Morgan fingerprint density at radius 3 is 2.44 bits per heavy atom. The predicted octanol–water partition coefficient (Wildman–Crippen LogP) is 1.79. The summed E-state index contributed by atoms with van der Waals surface area (Å²) in [5.74, 6) is -0.701. The van der Waals surface area contributed by atoms with Crippen LogP contribution >= 0.6 is 0 Å². The number of piperazine rings is 1. The standard InChI is InChI=1S/C22H20N6O4/c1-26-6-8-27(9-7-26)18-10-14(17(12-24-18)28(31)32)19-20(22(30)25-21(19)29)15-11-23-16-5-3-2-4-13(15)16/h2-5,10-12,23H,6-9H2,1H3,(H,25,29,30). The number of aromatic nitrogens is 2. The number of nitrogens with one attached hydrogen (secondary N) is 2. The van der Waals surface area contributed by atoms with Crippen molar-refractivity contribution in [3.05, 3.63) is 64.0 Å². The minimum Gasteiger partial charge on any atom is -0.361 e. The third-order valence-corrected chi connectivity index (χ3v) is 5.95. The lowest BCUT2D eigenvalue weighted by molar-refractivity contribution is -0.385. The lowest BCUT2D eigenvalue weighted by Gasteiger charge is -2.33. The SMILES string of the molecule is CN1CCN(c2cc(C3=C(c4c[nH]c5ccccc45)C(=O)NC3=O)c([N+](=O)[O-])cn2)CC1. The van der Waals surface area contributed by atoms with Crippen LogP contribution in [0.1, 0.15) is 11.1 Å². The summed E-state index contributed by atoms with van der Waals surface area (Å²) in [6.45, 7) is 3.08. The molecule has 2 N–H and O–H groups in total. The van der Waals surface area contributed by atoms with Gasteiger partial charge in [0.15, 0.2) is 0 Å². The maximum atomic E-state index is 12.9. The average Bonchev–Trinajstić information content (AvgIpc) is 3.33. The van der Waals surface area contributed by atoms with Crippen LogP contribution in [0.5, 0.6) is 0 Å². The summed E-state index contributed by atoms with van der Waals surface area (Å²) in [7, 11) is 2.03. The molecule has 1 aromatic carbocycles. The van der Waals surface area contributed by atoms with E-state index in [1.54, 1.807) is 12.3 Å². The van der Waals surface area contributed by atoms with Gasteiger partial charge in [0.25, 0.3) is 17.5 Å². The third kappa shape index (κ3) is 3.21. The average molecular weight is 432 g/mol. The molecule has 10 heteroatoms. The second-order valence-electron chi connectivity index (χ2n) is 7.89. The molecule has 0 unspecified atom stereocenters. The molecule has 32 heavy (non-hydrogen) atoms. The lowest BCUT2D eigenvalue weighted by atomic mass is 9.95. The second-order valence-corrected chi connectivity index (χ2v) is 7.89. The van der Waals surface area contributed by atoms with Crippen LogP contribution in [0, 0.1) is 10.1 Å². The van der Waals surface area contributed by atoms with Crippen molar-refractivity contribution in [1.29, 1.82) is 0 Å². The Morgan fingerprint density at radius 2 is 1.72 bits per heavy atom. The summed E-state index contributed by atoms with van der Waals surface area (Å²) in [6.07, 6.45) is 2.81. The van der Waals surface area contributed by atoms with E-state index in [2.05, 4.69) is 20.2 Å². The Kier molecular flexibility index (Phi) is 4.71. The Labute approximate surface area is 182 Å². The monoisotopic (exact) mass is 432 g/mol. The molecule has 162 valence electrons.